The van der Waals surface area contributed by atoms with Crippen molar-refractivity contribution in [2.24, 2.45) is 5.92 Å². The largest absolute Gasteiger partial charge is 0.368 e. The zero-order chi connectivity index (χ0) is 19.8. The minimum atomic E-state index is -0.347. The van der Waals surface area contributed by atoms with Gasteiger partial charge in [-0.05, 0) is 31.2 Å². The van der Waals surface area contributed by atoms with Crippen LogP contribution in [0.1, 0.15) is 42.7 Å². The molecule has 4 atom stereocenters. The number of aromatic amines is 1. The molecule has 3 aliphatic heterocycles. The summed E-state index contributed by atoms with van der Waals surface area (Å²) in [7, 11) is 0. The maximum absolute atomic E-state index is 12.7. The molecule has 0 radical (unpaired) electrons. The summed E-state index contributed by atoms with van der Waals surface area (Å²) in [5.41, 5.74) is 1.10. The van der Waals surface area contributed by atoms with Gasteiger partial charge in [0.2, 0.25) is 5.91 Å². The number of ether oxygens (including phenoxy) is 1. The summed E-state index contributed by atoms with van der Waals surface area (Å²) in [6, 6.07) is 5.50. The van der Waals surface area contributed by atoms with Gasteiger partial charge in [-0.25, -0.2) is 4.98 Å². The lowest BCUT2D eigenvalue weighted by atomic mass is 9.78. The van der Waals surface area contributed by atoms with Crippen molar-refractivity contribution in [1.29, 1.82) is 0 Å². The summed E-state index contributed by atoms with van der Waals surface area (Å²) < 4.78 is 7.44. The molecule has 0 spiro atoms. The van der Waals surface area contributed by atoms with Gasteiger partial charge in [0.05, 0.1) is 12.6 Å². The van der Waals surface area contributed by atoms with E-state index in [1.54, 1.807) is 12.3 Å². The average Bonchev–Trinajstić information content (AvgIpc) is 3.42. The number of likely N-dealkylation sites (tertiary alicyclic amines) is 1. The van der Waals surface area contributed by atoms with Crippen LogP contribution in [0.3, 0.4) is 0 Å². The number of nitrogens with one attached hydrogen (secondary N) is 2. The average molecular weight is 397 g/mol. The van der Waals surface area contributed by atoms with Gasteiger partial charge >= 0.3 is 0 Å². The number of aromatic nitrogens is 3. The molecule has 8 heteroatoms. The van der Waals surface area contributed by atoms with E-state index in [-0.39, 0.29) is 23.6 Å². The fourth-order valence-corrected chi connectivity index (χ4v) is 5.23. The number of piperidine rings is 1. The number of amides is 1. The molecule has 0 aliphatic carbocycles. The van der Waals surface area contributed by atoms with Gasteiger partial charge in [-0.3, -0.25) is 14.5 Å². The number of carbonyl (C=O) groups excluding carboxylic acids is 1. The third-order valence-electron chi connectivity index (χ3n) is 6.51. The van der Waals surface area contributed by atoms with Gasteiger partial charge in [-0.15, -0.1) is 0 Å². The summed E-state index contributed by atoms with van der Waals surface area (Å²) in [4.78, 5) is 35.2. The lowest BCUT2D eigenvalue weighted by Gasteiger charge is -2.47. The molecule has 2 fully saturated rings. The Morgan fingerprint density at radius 2 is 2.28 bits per heavy atom. The highest BCUT2D eigenvalue weighted by Crippen LogP contribution is 2.41. The zero-order valence-corrected chi connectivity index (χ0v) is 16.4. The number of H-pyrrole nitrogens is 1. The topological polar surface area (TPSA) is 92.3 Å². The van der Waals surface area contributed by atoms with Gasteiger partial charge in [-0.1, -0.05) is 6.07 Å². The Labute approximate surface area is 169 Å². The van der Waals surface area contributed by atoms with Gasteiger partial charge in [0.15, 0.2) is 0 Å². The van der Waals surface area contributed by atoms with E-state index in [1.165, 1.54) is 0 Å². The number of pyridine rings is 1. The maximum Gasteiger partial charge on any atom is 0.251 e. The monoisotopic (exact) mass is 397 g/mol. The Morgan fingerprint density at radius 1 is 1.34 bits per heavy atom. The van der Waals surface area contributed by atoms with Crippen LogP contribution in [0, 0.1) is 5.92 Å². The molecule has 1 amide bonds. The number of rotatable bonds is 5. The summed E-state index contributed by atoms with van der Waals surface area (Å²) in [6.07, 6.45) is 6.01. The molecule has 2 aromatic heterocycles. The van der Waals surface area contributed by atoms with Crippen molar-refractivity contribution in [3.8, 4) is 0 Å². The third-order valence-corrected chi connectivity index (χ3v) is 6.51. The van der Waals surface area contributed by atoms with E-state index in [0.717, 1.165) is 50.4 Å². The zero-order valence-electron chi connectivity index (χ0n) is 16.4. The summed E-state index contributed by atoms with van der Waals surface area (Å²) >= 11 is 0. The quantitative estimate of drug-likeness (QED) is 0.786. The van der Waals surface area contributed by atoms with Crippen molar-refractivity contribution in [1.82, 2.24) is 24.8 Å². The second-order valence-electron chi connectivity index (χ2n) is 8.40. The van der Waals surface area contributed by atoms with Crippen LogP contribution in [0.25, 0.3) is 0 Å². The van der Waals surface area contributed by atoms with Gasteiger partial charge in [0.1, 0.15) is 11.9 Å². The first kappa shape index (κ1) is 18.6. The van der Waals surface area contributed by atoms with Crippen molar-refractivity contribution in [2.45, 2.75) is 43.9 Å². The SMILES string of the molecule is O=C(NC[C@H]1[C@H]2C[C@H](CN(Cc3ncc[nH]3)C2)c2cccc(=O)n21)[C@H]1CCCO1. The molecule has 0 unspecified atom stereocenters. The molecular weight excluding hydrogens is 370 g/mol. The van der Waals surface area contributed by atoms with Gasteiger partial charge < -0.3 is 19.6 Å². The molecule has 2 bridgehead atoms. The molecule has 2 saturated heterocycles. The number of carbonyl (C=O) groups is 1. The molecule has 0 saturated carbocycles. The molecule has 8 nitrogen and oxygen atoms in total. The van der Waals surface area contributed by atoms with Crippen molar-refractivity contribution in [3.05, 3.63) is 52.5 Å². The van der Waals surface area contributed by atoms with Crippen LogP contribution in [0.15, 0.2) is 35.4 Å². The van der Waals surface area contributed by atoms with Crippen LogP contribution in [0.4, 0.5) is 0 Å². The number of hydrogen-bond donors (Lipinski definition) is 2. The highest BCUT2D eigenvalue weighted by molar-refractivity contribution is 5.80. The van der Waals surface area contributed by atoms with Gasteiger partial charge in [-0.2, -0.15) is 0 Å². The van der Waals surface area contributed by atoms with Gasteiger partial charge in [0, 0.05) is 56.3 Å². The smallest absolute Gasteiger partial charge is 0.251 e. The van der Waals surface area contributed by atoms with Crippen LogP contribution in [0.5, 0.6) is 0 Å². The fourth-order valence-electron chi connectivity index (χ4n) is 5.23. The maximum atomic E-state index is 12.7. The molecule has 5 heterocycles. The first-order chi connectivity index (χ1) is 14.2. The van der Waals surface area contributed by atoms with E-state index in [0.29, 0.717) is 25.0 Å². The number of hydrogen-bond acceptors (Lipinski definition) is 5. The minimum Gasteiger partial charge on any atom is -0.368 e. The van der Waals surface area contributed by atoms with E-state index in [4.69, 9.17) is 4.74 Å². The Morgan fingerprint density at radius 3 is 3.07 bits per heavy atom. The minimum absolute atomic E-state index is 0.0213. The molecule has 29 heavy (non-hydrogen) atoms. The number of fused-ring (bicyclic) bond motifs is 4. The van der Waals surface area contributed by atoms with Crippen LogP contribution < -0.4 is 10.9 Å². The second-order valence-corrected chi connectivity index (χ2v) is 8.40. The van der Waals surface area contributed by atoms with Crippen LogP contribution in [-0.2, 0) is 16.1 Å². The normalized spacial score (nSPS) is 28.8. The highest BCUT2D eigenvalue weighted by Gasteiger charge is 2.41. The van der Waals surface area contributed by atoms with Crippen LogP contribution in [0.2, 0.25) is 0 Å². The van der Waals surface area contributed by atoms with E-state index in [2.05, 4.69) is 26.3 Å². The van der Waals surface area contributed by atoms with Crippen molar-refractivity contribution in [2.75, 3.05) is 26.2 Å². The Kier molecular flexibility index (Phi) is 4.97. The van der Waals surface area contributed by atoms with Crippen molar-refractivity contribution >= 4 is 5.91 Å². The number of imidazole rings is 1. The molecule has 0 aromatic carbocycles. The van der Waals surface area contributed by atoms with Crippen molar-refractivity contribution < 1.29 is 9.53 Å². The third kappa shape index (κ3) is 3.62. The molecule has 3 aliphatic rings. The van der Waals surface area contributed by atoms with E-state index < -0.39 is 0 Å². The standard InChI is InChI=1S/C21H27N5O3/c27-20-5-1-3-16-14-9-15(12-25(11-14)13-19-22-6-7-23-19)17(26(16)20)10-24-21(28)18-4-2-8-29-18/h1,3,5-7,14-15,17-18H,2,4,8-13H2,(H,22,23)(H,24,28)/t14-,15+,17+,18-/m1/s1. The first-order valence-corrected chi connectivity index (χ1v) is 10.5. The van der Waals surface area contributed by atoms with Crippen LogP contribution >= 0.6 is 0 Å². The molecule has 5 rings (SSSR count). The van der Waals surface area contributed by atoms with Crippen LogP contribution in [-0.4, -0.2) is 57.7 Å². The van der Waals surface area contributed by atoms with E-state index in [1.807, 2.05) is 16.8 Å². The Hall–Kier alpha value is -2.45. The highest BCUT2D eigenvalue weighted by atomic mass is 16.5. The molecule has 2 N–H and O–H groups in total. The molecule has 154 valence electrons. The Bertz CT molecular complexity index is 919. The summed E-state index contributed by atoms with van der Waals surface area (Å²) in [5, 5.41) is 3.07. The number of nitrogens with zero attached hydrogens (tertiary/aromatic N) is 3. The van der Waals surface area contributed by atoms with E-state index >= 15 is 0 Å². The second kappa shape index (κ2) is 7.76. The predicted molar refractivity (Wildman–Crippen MR) is 106 cm³/mol. The van der Waals surface area contributed by atoms with Gasteiger partial charge in [0.25, 0.3) is 5.56 Å². The van der Waals surface area contributed by atoms with E-state index in [9.17, 15) is 9.59 Å². The Balaban J connectivity index is 1.38. The summed E-state index contributed by atoms with van der Waals surface area (Å²) in [6.45, 7) is 3.68. The summed E-state index contributed by atoms with van der Waals surface area (Å²) in [5.74, 6) is 1.53. The fraction of sp³-hybridized carbons (Fsp3) is 0.571. The predicted octanol–water partition coefficient (Wildman–Crippen LogP) is 1.03. The molecular formula is C21H27N5O3. The first-order valence-electron chi connectivity index (χ1n) is 10.5. The molecule has 2 aromatic rings. The van der Waals surface area contributed by atoms with Crippen molar-refractivity contribution in [3.63, 3.8) is 0 Å². The lowest BCUT2D eigenvalue weighted by molar-refractivity contribution is -0.130. The lowest BCUT2D eigenvalue weighted by Crippen LogP contribution is -2.52.